The molecule has 1 rings (SSSR count). The lowest BCUT2D eigenvalue weighted by Gasteiger charge is -2.08. The van der Waals surface area contributed by atoms with Gasteiger partial charge in [-0.1, -0.05) is 12.1 Å². The smallest absolute Gasteiger partial charge is 0.328 e. The number of benzene rings is 1. The third-order valence-electron chi connectivity index (χ3n) is 2.34. The minimum atomic E-state index is -2.61. The summed E-state index contributed by atoms with van der Waals surface area (Å²) < 4.78 is 24.0. The average Bonchev–Trinajstić information content (AvgIpc) is 2.34. The number of carboxylic acid groups (broad SMARTS) is 1. The van der Waals surface area contributed by atoms with Crippen LogP contribution in [0.25, 0.3) is 6.08 Å². The number of carbonyl (C=O) groups excluding carboxylic acids is 1. The number of carbonyl (C=O) groups is 2. The van der Waals surface area contributed by atoms with E-state index in [2.05, 4.69) is 5.32 Å². The van der Waals surface area contributed by atoms with Crippen molar-refractivity contribution in [3.8, 4) is 0 Å². The molecule has 0 aromatic heterocycles. The lowest BCUT2D eigenvalue weighted by atomic mass is 10.0. The summed E-state index contributed by atoms with van der Waals surface area (Å²) in [7, 11) is 0. The van der Waals surface area contributed by atoms with Crippen LogP contribution in [0.2, 0.25) is 0 Å². The highest BCUT2D eigenvalue weighted by atomic mass is 19.3. The van der Waals surface area contributed by atoms with E-state index in [1.54, 1.807) is 19.1 Å². The van der Waals surface area contributed by atoms with Crippen LogP contribution < -0.4 is 5.32 Å². The monoisotopic (exact) mass is 269 g/mol. The zero-order chi connectivity index (χ0) is 14.4. The lowest BCUT2D eigenvalue weighted by molar-refractivity contribution is -0.131. The fourth-order valence-corrected chi connectivity index (χ4v) is 1.42. The highest BCUT2D eigenvalue weighted by Crippen LogP contribution is 2.12. The summed E-state index contributed by atoms with van der Waals surface area (Å²) in [6.07, 6.45) is -0.351. The SMILES string of the molecule is Cc1ccc(/C=C/C(=O)O)cc1C(=O)NCC(F)F. The summed E-state index contributed by atoms with van der Waals surface area (Å²) in [4.78, 5) is 22.1. The van der Waals surface area contributed by atoms with Gasteiger partial charge < -0.3 is 10.4 Å². The van der Waals surface area contributed by atoms with E-state index in [0.29, 0.717) is 11.1 Å². The first-order valence-corrected chi connectivity index (χ1v) is 5.48. The van der Waals surface area contributed by atoms with E-state index < -0.39 is 24.8 Å². The standard InChI is InChI=1S/C13H13F2NO3/c1-8-2-3-9(4-5-12(17)18)6-10(8)13(19)16-7-11(14)15/h2-6,11H,7H2,1H3,(H,16,19)(H,17,18)/b5-4+. The number of aryl methyl sites for hydroxylation is 1. The minimum Gasteiger partial charge on any atom is -0.478 e. The number of carboxylic acids is 1. The van der Waals surface area contributed by atoms with Crippen molar-refractivity contribution >= 4 is 18.0 Å². The van der Waals surface area contributed by atoms with Gasteiger partial charge in [-0.25, -0.2) is 13.6 Å². The van der Waals surface area contributed by atoms with E-state index >= 15 is 0 Å². The van der Waals surface area contributed by atoms with Crippen molar-refractivity contribution in [2.24, 2.45) is 0 Å². The van der Waals surface area contributed by atoms with Crippen LogP contribution >= 0.6 is 0 Å². The maximum Gasteiger partial charge on any atom is 0.328 e. The first kappa shape index (κ1) is 14.8. The molecule has 2 N–H and O–H groups in total. The molecule has 0 aliphatic rings. The number of alkyl halides is 2. The van der Waals surface area contributed by atoms with Crippen molar-refractivity contribution in [3.05, 3.63) is 41.0 Å². The van der Waals surface area contributed by atoms with Crippen LogP contribution in [0.3, 0.4) is 0 Å². The highest BCUT2D eigenvalue weighted by molar-refractivity contribution is 5.96. The molecule has 102 valence electrons. The van der Waals surface area contributed by atoms with Gasteiger partial charge in [0.25, 0.3) is 12.3 Å². The Morgan fingerprint density at radius 3 is 2.68 bits per heavy atom. The van der Waals surface area contributed by atoms with Crippen LogP contribution in [-0.2, 0) is 4.79 Å². The zero-order valence-electron chi connectivity index (χ0n) is 10.2. The van der Waals surface area contributed by atoms with Gasteiger partial charge in [0.2, 0.25) is 0 Å². The molecule has 0 saturated heterocycles. The molecule has 0 bridgehead atoms. The quantitative estimate of drug-likeness (QED) is 0.804. The Kier molecular flexibility index (Phi) is 5.17. The molecule has 0 fully saturated rings. The van der Waals surface area contributed by atoms with E-state index in [1.165, 1.54) is 12.1 Å². The van der Waals surface area contributed by atoms with Crippen LogP contribution in [0.4, 0.5) is 8.78 Å². The molecule has 1 aromatic carbocycles. The molecular weight excluding hydrogens is 256 g/mol. The van der Waals surface area contributed by atoms with Gasteiger partial charge >= 0.3 is 5.97 Å². The van der Waals surface area contributed by atoms with Crippen LogP contribution in [-0.4, -0.2) is 30.0 Å². The van der Waals surface area contributed by atoms with Crippen LogP contribution in [0.1, 0.15) is 21.5 Å². The third kappa shape index (κ3) is 4.87. The molecule has 0 spiro atoms. The molecule has 0 heterocycles. The van der Waals surface area contributed by atoms with Gasteiger partial charge in [0.05, 0.1) is 6.54 Å². The average molecular weight is 269 g/mol. The van der Waals surface area contributed by atoms with E-state index in [1.807, 2.05) is 0 Å². The van der Waals surface area contributed by atoms with Gasteiger partial charge in [-0.2, -0.15) is 0 Å². The zero-order valence-corrected chi connectivity index (χ0v) is 10.2. The summed E-state index contributed by atoms with van der Waals surface area (Å²) >= 11 is 0. The van der Waals surface area contributed by atoms with E-state index in [0.717, 1.165) is 6.08 Å². The van der Waals surface area contributed by atoms with Crippen LogP contribution in [0, 0.1) is 6.92 Å². The Bertz CT molecular complexity index is 513. The lowest BCUT2D eigenvalue weighted by Crippen LogP contribution is -2.29. The van der Waals surface area contributed by atoms with Crippen molar-refractivity contribution in [1.29, 1.82) is 0 Å². The van der Waals surface area contributed by atoms with Crippen molar-refractivity contribution in [2.75, 3.05) is 6.54 Å². The maximum atomic E-state index is 12.0. The predicted molar refractivity (Wildman–Crippen MR) is 66.2 cm³/mol. The topological polar surface area (TPSA) is 66.4 Å². The van der Waals surface area contributed by atoms with E-state index in [4.69, 9.17) is 5.11 Å². The van der Waals surface area contributed by atoms with E-state index in [9.17, 15) is 18.4 Å². The second kappa shape index (κ2) is 6.63. The molecule has 1 amide bonds. The van der Waals surface area contributed by atoms with Crippen molar-refractivity contribution < 1.29 is 23.5 Å². The first-order chi connectivity index (χ1) is 8.90. The fourth-order valence-electron chi connectivity index (χ4n) is 1.42. The number of rotatable bonds is 5. The van der Waals surface area contributed by atoms with Crippen LogP contribution in [0.5, 0.6) is 0 Å². The molecular formula is C13H13F2NO3. The van der Waals surface area contributed by atoms with Crippen molar-refractivity contribution in [2.45, 2.75) is 13.3 Å². The summed E-state index contributed by atoms with van der Waals surface area (Å²) in [5.41, 5.74) is 1.38. The third-order valence-corrected chi connectivity index (χ3v) is 2.34. The van der Waals surface area contributed by atoms with Crippen molar-refractivity contribution in [3.63, 3.8) is 0 Å². The normalized spacial score (nSPS) is 10.9. The Labute approximate surface area is 108 Å². The Morgan fingerprint density at radius 1 is 1.42 bits per heavy atom. The molecule has 0 unspecified atom stereocenters. The largest absolute Gasteiger partial charge is 0.478 e. The molecule has 0 aliphatic heterocycles. The molecule has 19 heavy (non-hydrogen) atoms. The molecule has 0 saturated carbocycles. The second-order valence-electron chi connectivity index (χ2n) is 3.85. The van der Waals surface area contributed by atoms with Gasteiger partial charge in [0.15, 0.2) is 0 Å². The maximum absolute atomic E-state index is 12.0. The van der Waals surface area contributed by atoms with Gasteiger partial charge in [-0.15, -0.1) is 0 Å². The Balaban J connectivity index is 2.90. The number of aliphatic carboxylic acids is 1. The fraction of sp³-hybridized carbons (Fsp3) is 0.231. The summed E-state index contributed by atoms with van der Waals surface area (Å²) in [6.45, 7) is 0.954. The van der Waals surface area contributed by atoms with Crippen molar-refractivity contribution in [1.82, 2.24) is 5.32 Å². The molecule has 0 atom stereocenters. The number of nitrogens with one attached hydrogen (secondary N) is 1. The highest BCUT2D eigenvalue weighted by Gasteiger charge is 2.11. The minimum absolute atomic E-state index is 0.244. The summed E-state index contributed by atoms with van der Waals surface area (Å²) in [5.74, 6) is -1.72. The molecule has 1 aromatic rings. The predicted octanol–water partition coefficient (Wildman–Crippen LogP) is 2.09. The number of hydrogen-bond donors (Lipinski definition) is 2. The first-order valence-electron chi connectivity index (χ1n) is 5.48. The number of halogens is 2. The Hall–Kier alpha value is -2.24. The molecule has 6 heteroatoms. The van der Waals surface area contributed by atoms with Gasteiger partial charge in [0.1, 0.15) is 0 Å². The van der Waals surface area contributed by atoms with Gasteiger partial charge in [0, 0.05) is 11.6 Å². The molecule has 4 nitrogen and oxygen atoms in total. The van der Waals surface area contributed by atoms with E-state index in [-0.39, 0.29) is 5.56 Å². The molecule has 0 aliphatic carbocycles. The Morgan fingerprint density at radius 2 is 2.11 bits per heavy atom. The van der Waals surface area contributed by atoms with Gasteiger partial charge in [-0.3, -0.25) is 4.79 Å². The summed E-state index contributed by atoms with van der Waals surface area (Å²) in [6, 6.07) is 4.72. The molecule has 0 radical (unpaired) electrons. The van der Waals surface area contributed by atoms with Crippen LogP contribution in [0.15, 0.2) is 24.3 Å². The van der Waals surface area contributed by atoms with Gasteiger partial charge in [-0.05, 0) is 30.2 Å². The second-order valence-corrected chi connectivity index (χ2v) is 3.85. The summed E-state index contributed by atoms with van der Waals surface area (Å²) in [5, 5.41) is 10.6. The number of hydrogen-bond acceptors (Lipinski definition) is 2. The number of amides is 1.